The van der Waals surface area contributed by atoms with Gasteiger partial charge in [0, 0.05) is 23.4 Å². The van der Waals surface area contributed by atoms with E-state index in [9.17, 15) is 9.59 Å². The predicted octanol–water partition coefficient (Wildman–Crippen LogP) is 5.17. The molecule has 170 valence electrons. The molecule has 0 aliphatic carbocycles. The highest BCUT2D eigenvalue weighted by molar-refractivity contribution is 7.80. The molecule has 0 bridgehead atoms. The van der Waals surface area contributed by atoms with Crippen molar-refractivity contribution in [1.29, 1.82) is 0 Å². The molecular formula is C26H27N3O3S. The van der Waals surface area contributed by atoms with E-state index in [0.29, 0.717) is 42.1 Å². The zero-order valence-corrected chi connectivity index (χ0v) is 19.3. The van der Waals surface area contributed by atoms with E-state index in [4.69, 9.17) is 17.0 Å². The van der Waals surface area contributed by atoms with Gasteiger partial charge in [0.2, 0.25) is 5.91 Å². The van der Waals surface area contributed by atoms with Crippen molar-refractivity contribution in [3.8, 4) is 5.75 Å². The Labute approximate surface area is 199 Å². The average molecular weight is 462 g/mol. The van der Waals surface area contributed by atoms with Crippen molar-refractivity contribution in [2.45, 2.75) is 26.2 Å². The third kappa shape index (κ3) is 8.05. The molecule has 7 heteroatoms. The van der Waals surface area contributed by atoms with Crippen LogP contribution in [0.25, 0.3) is 0 Å². The van der Waals surface area contributed by atoms with Gasteiger partial charge in [-0.15, -0.1) is 0 Å². The van der Waals surface area contributed by atoms with Crippen molar-refractivity contribution in [3.05, 3.63) is 90.0 Å². The number of amides is 2. The van der Waals surface area contributed by atoms with E-state index in [1.807, 2.05) is 43.3 Å². The number of carbonyl (C=O) groups is 2. The van der Waals surface area contributed by atoms with Crippen molar-refractivity contribution in [2.24, 2.45) is 0 Å². The van der Waals surface area contributed by atoms with Crippen LogP contribution in [-0.2, 0) is 11.2 Å². The standard InChI is InChI=1S/C26H27N3O3S/c1-2-16-32-23-13-6-10-20(17-23)25(31)29-26(33)28-22-12-7-11-21(18-22)27-24(30)15-14-19-8-4-3-5-9-19/h3-13,17-18H,2,14-16H2,1H3,(H,27,30)(H2,28,29,31,33). The lowest BCUT2D eigenvalue weighted by Crippen LogP contribution is -2.34. The van der Waals surface area contributed by atoms with Crippen molar-refractivity contribution < 1.29 is 14.3 Å². The molecule has 0 aromatic heterocycles. The summed E-state index contributed by atoms with van der Waals surface area (Å²) < 4.78 is 5.57. The van der Waals surface area contributed by atoms with Gasteiger partial charge in [-0.2, -0.15) is 0 Å². The summed E-state index contributed by atoms with van der Waals surface area (Å²) in [5, 5.41) is 8.70. The van der Waals surface area contributed by atoms with Crippen LogP contribution in [0.3, 0.4) is 0 Å². The highest BCUT2D eigenvalue weighted by atomic mass is 32.1. The van der Waals surface area contributed by atoms with E-state index in [1.54, 1.807) is 42.5 Å². The Kier molecular flexibility index (Phi) is 8.97. The molecule has 3 rings (SSSR count). The van der Waals surface area contributed by atoms with Crippen LogP contribution < -0.4 is 20.7 Å². The number of rotatable bonds is 9. The van der Waals surface area contributed by atoms with Crippen molar-refractivity contribution >= 4 is 40.5 Å². The zero-order chi connectivity index (χ0) is 23.5. The lowest BCUT2D eigenvalue weighted by Gasteiger charge is -2.12. The lowest BCUT2D eigenvalue weighted by atomic mass is 10.1. The van der Waals surface area contributed by atoms with Gasteiger partial charge in [0.25, 0.3) is 5.91 Å². The molecule has 0 fully saturated rings. The Morgan fingerprint density at radius 3 is 2.36 bits per heavy atom. The molecule has 3 N–H and O–H groups in total. The minimum Gasteiger partial charge on any atom is -0.494 e. The maximum atomic E-state index is 12.5. The van der Waals surface area contributed by atoms with Crippen LogP contribution in [0, 0.1) is 0 Å². The maximum absolute atomic E-state index is 12.5. The van der Waals surface area contributed by atoms with Gasteiger partial charge < -0.3 is 15.4 Å². The van der Waals surface area contributed by atoms with Crippen LogP contribution in [-0.4, -0.2) is 23.5 Å². The van der Waals surface area contributed by atoms with Gasteiger partial charge in [0.05, 0.1) is 6.61 Å². The summed E-state index contributed by atoms with van der Waals surface area (Å²) in [6.45, 7) is 2.61. The van der Waals surface area contributed by atoms with E-state index in [1.165, 1.54) is 0 Å². The number of aryl methyl sites for hydroxylation is 1. The number of nitrogens with one attached hydrogen (secondary N) is 3. The predicted molar refractivity (Wildman–Crippen MR) is 136 cm³/mol. The third-order valence-electron chi connectivity index (χ3n) is 4.68. The first kappa shape index (κ1) is 23.9. The van der Waals surface area contributed by atoms with Gasteiger partial charge in [-0.1, -0.05) is 49.4 Å². The summed E-state index contributed by atoms with van der Waals surface area (Å²) >= 11 is 5.28. The minimum absolute atomic E-state index is 0.0722. The normalized spacial score (nSPS) is 10.2. The second-order valence-electron chi connectivity index (χ2n) is 7.40. The highest BCUT2D eigenvalue weighted by Crippen LogP contribution is 2.17. The van der Waals surface area contributed by atoms with Crippen LogP contribution in [0.5, 0.6) is 5.75 Å². The molecule has 0 spiro atoms. The first-order valence-corrected chi connectivity index (χ1v) is 11.2. The van der Waals surface area contributed by atoms with E-state index in [-0.39, 0.29) is 16.9 Å². The molecule has 6 nitrogen and oxygen atoms in total. The second kappa shape index (κ2) is 12.4. The SMILES string of the molecule is CCCOc1cccc(C(=O)NC(=S)Nc2cccc(NC(=O)CCc3ccccc3)c2)c1. The first-order chi connectivity index (χ1) is 16.0. The van der Waals surface area contributed by atoms with Crippen LogP contribution >= 0.6 is 12.2 Å². The second-order valence-corrected chi connectivity index (χ2v) is 7.81. The maximum Gasteiger partial charge on any atom is 0.257 e. The van der Waals surface area contributed by atoms with Gasteiger partial charge in [0.15, 0.2) is 5.11 Å². The van der Waals surface area contributed by atoms with Crippen LogP contribution in [0.2, 0.25) is 0 Å². The fraction of sp³-hybridized carbons (Fsp3) is 0.192. The molecule has 0 unspecified atom stereocenters. The Bertz CT molecular complexity index is 1100. The molecule has 0 atom stereocenters. The van der Waals surface area contributed by atoms with Gasteiger partial charge in [0.1, 0.15) is 5.75 Å². The van der Waals surface area contributed by atoms with Crippen molar-refractivity contribution in [1.82, 2.24) is 5.32 Å². The number of thiocarbonyl (C=S) groups is 1. The van der Waals surface area contributed by atoms with Crippen molar-refractivity contribution in [3.63, 3.8) is 0 Å². The molecule has 0 saturated carbocycles. The summed E-state index contributed by atoms with van der Waals surface area (Å²) in [6, 6.07) is 24.0. The summed E-state index contributed by atoms with van der Waals surface area (Å²) in [7, 11) is 0. The van der Waals surface area contributed by atoms with E-state index in [0.717, 1.165) is 12.0 Å². The topological polar surface area (TPSA) is 79.5 Å². The molecule has 0 aliphatic heterocycles. The number of ether oxygens (including phenoxy) is 1. The molecule has 0 radical (unpaired) electrons. The number of benzene rings is 3. The van der Waals surface area contributed by atoms with E-state index < -0.39 is 0 Å². The Morgan fingerprint density at radius 1 is 0.879 bits per heavy atom. The van der Waals surface area contributed by atoms with Crippen molar-refractivity contribution in [2.75, 3.05) is 17.2 Å². The fourth-order valence-electron chi connectivity index (χ4n) is 3.09. The molecule has 33 heavy (non-hydrogen) atoms. The quantitative estimate of drug-likeness (QED) is 0.383. The molecule has 3 aromatic rings. The van der Waals surface area contributed by atoms with Crippen LogP contribution in [0.15, 0.2) is 78.9 Å². The van der Waals surface area contributed by atoms with Crippen LogP contribution in [0.1, 0.15) is 35.7 Å². The molecular weight excluding hydrogens is 434 g/mol. The molecule has 2 amide bonds. The minimum atomic E-state index is -0.334. The van der Waals surface area contributed by atoms with Gasteiger partial charge >= 0.3 is 0 Å². The summed E-state index contributed by atoms with van der Waals surface area (Å²) in [5.74, 6) is 0.232. The largest absolute Gasteiger partial charge is 0.494 e. The first-order valence-electron chi connectivity index (χ1n) is 10.8. The Hall–Kier alpha value is -3.71. The molecule has 0 heterocycles. The summed E-state index contributed by atoms with van der Waals surface area (Å²) in [4.78, 5) is 24.8. The lowest BCUT2D eigenvalue weighted by molar-refractivity contribution is -0.116. The van der Waals surface area contributed by atoms with E-state index in [2.05, 4.69) is 16.0 Å². The summed E-state index contributed by atoms with van der Waals surface area (Å²) in [5.41, 5.74) is 2.87. The highest BCUT2D eigenvalue weighted by Gasteiger charge is 2.10. The Balaban J connectivity index is 1.51. The number of hydrogen-bond donors (Lipinski definition) is 3. The molecule has 3 aromatic carbocycles. The fourth-order valence-corrected chi connectivity index (χ4v) is 3.30. The van der Waals surface area contributed by atoms with Gasteiger partial charge in [-0.3, -0.25) is 14.9 Å². The van der Waals surface area contributed by atoms with E-state index >= 15 is 0 Å². The van der Waals surface area contributed by atoms with Gasteiger partial charge in [-0.05, 0) is 67.0 Å². The third-order valence-corrected chi connectivity index (χ3v) is 4.89. The Morgan fingerprint density at radius 2 is 1.61 bits per heavy atom. The monoisotopic (exact) mass is 461 g/mol. The van der Waals surface area contributed by atoms with Gasteiger partial charge in [-0.25, -0.2) is 0 Å². The number of hydrogen-bond acceptors (Lipinski definition) is 4. The molecule has 0 saturated heterocycles. The summed E-state index contributed by atoms with van der Waals surface area (Å²) in [6.07, 6.45) is 1.94. The average Bonchev–Trinajstić information content (AvgIpc) is 2.82. The molecule has 0 aliphatic rings. The number of carbonyl (C=O) groups excluding carboxylic acids is 2. The zero-order valence-electron chi connectivity index (χ0n) is 18.5. The number of anilines is 2. The van der Waals surface area contributed by atoms with Crippen LogP contribution in [0.4, 0.5) is 11.4 Å². The smallest absolute Gasteiger partial charge is 0.257 e.